The standard InChI is InChI=1S/C14H24N2O/c1-13(2)16-8-4-12-17-11-3-5-14-6-9-15-10-7-14/h6-7,9-10,13,16H,3-5,8,11-12H2,1-2H3. The molecule has 3 heteroatoms. The zero-order chi connectivity index (χ0) is 12.3. The molecule has 0 aromatic carbocycles. The molecule has 0 aliphatic rings. The third kappa shape index (κ3) is 7.88. The second-order valence-electron chi connectivity index (χ2n) is 4.53. The van der Waals surface area contributed by atoms with Crippen LogP contribution in [0.4, 0.5) is 0 Å². The fourth-order valence-electron chi connectivity index (χ4n) is 1.59. The monoisotopic (exact) mass is 236 g/mol. The lowest BCUT2D eigenvalue weighted by molar-refractivity contribution is 0.129. The van der Waals surface area contributed by atoms with E-state index in [0.717, 1.165) is 39.0 Å². The Kier molecular flexibility index (Phi) is 7.60. The Bertz CT molecular complexity index is 275. The normalized spacial score (nSPS) is 11.0. The van der Waals surface area contributed by atoms with Gasteiger partial charge >= 0.3 is 0 Å². The van der Waals surface area contributed by atoms with Gasteiger partial charge < -0.3 is 10.1 Å². The van der Waals surface area contributed by atoms with E-state index in [9.17, 15) is 0 Å². The number of aromatic nitrogens is 1. The zero-order valence-electron chi connectivity index (χ0n) is 11.0. The van der Waals surface area contributed by atoms with Gasteiger partial charge in [-0.1, -0.05) is 13.8 Å². The van der Waals surface area contributed by atoms with Crippen LogP contribution in [-0.4, -0.2) is 30.8 Å². The van der Waals surface area contributed by atoms with Gasteiger partial charge in [0, 0.05) is 31.6 Å². The average molecular weight is 236 g/mol. The third-order valence-electron chi connectivity index (χ3n) is 2.52. The number of ether oxygens (including phenoxy) is 1. The van der Waals surface area contributed by atoms with Crippen LogP contribution in [0, 0.1) is 0 Å². The number of aryl methyl sites for hydroxylation is 1. The van der Waals surface area contributed by atoms with E-state index in [-0.39, 0.29) is 0 Å². The van der Waals surface area contributed by atoms with Gasteiger partial charge in [0.2, 0.25) is 0 Å². The van der Waals surface area contributed by atoms with Crippen molar-refractivity contribution in [2.24, 2.45) is 0 Å². The van der Waals surface area contributed by atoms with E-state index in [1.807, 2.05) is 12.4 Å². The average Bonchev–Trinajstić information content (AvgIpc) is 2.33. The molecule has 0 aliphatic carbocycles. The van der Waals surface area contributed by atoms with Crippen molar-refractivity contribution in [2.45, 2.75) is 39.2 Å². The van der Waals surface area contributed by atoms with Crippen LogP contribution in [-0.2, 0) is 11.2 Å². The lowest BCUT2D eigenvalue weighted by Crippen LogP contribution is -2.24. The van der Waals surface area contributed by atoms with Crippen LogP contribution in [0.2, 0.25) is 0 Å². The van der Waals surface area contributed by atoms with Gasteiger partial charge in [-0.25, -0.2) is 0 Å². The Morgan fingerprint density at radius 2 is 1.88 bits per heavy atom. The molecule has 0 saturated heterocycles. The molecule has 1 heterocycles. The van der Waals surface area contributed by atoms with Crippen LogP contribution < -0.4 is 5.32 Å². The summed E-state index contributed by atoms with van der Waals surface area (Å²) in [6.07, 6.45) is 6.93. The third-order valence-corrected chi connectivity index (χ3v) is 2.52. The van der Waals surface area contributed by atoms with E-state index < -0.39 is 0 Å². The molecule has 0 spiro atoms. The summed E-state index contributed by atoms with van der Waals surface area (Å²) in [5.41, 5.74) is 1.34. The first-order valence-electron chi connectivity index (χ1n) is 6.49. The Hall–Kier alpha value is -0.930. The minimum absolute atomic E-state index is 0.571. The zero-order valence-corrected chi connectivity index (χ0v) is 11.0. The topological polar surface area (TPSA) is 34.1 Å². The smallest absolute Gasteiger partial charge is 0.0478 e. The van der Waals surface area contributed by atoms with Crippen LogP contribution in [0.1, 0.15) is 32.3 Å². The van der Waals surface area contributed by atoms with Crippen LogP contribution in [0.15, 0.2) is 24.5 Å². The van der Waals surface area contributed by atoms with Crippen molar-refractivity contribution in [3.05, 3.63) is 30.1 Å². The molecule has 0 radical (unpaired) electrons. The van der Waals surface area contributed by atoms with Gasteiger partial charge in [-0.3, -0.25) is 4.98 Å². The fourth-order valence-corrected chi connectivity index (χ4v) is 1.59. The van der Waals surface area contributed by atoms with Gasteiger partial charge in [-0.2, -0.15) is 0 Å². The summed E-state index contributed by atoms with van der Waals surface area (Å²) in [5.74, 6) is 0. The van der Waals surface area contributed by atoms with Crippen molar-refractivity contribution >= 4 is 0 Å². The molecule has 1 aromatic heterocycles. The maximum atomic E-state index is 5.58. The highest BCUT2D eigenvalue weighted by molar-refractivity contribution is 5.09. The van der Waals surface area contributed by atoms with E-state index in [1.165, 1.54) is 5.56 Å². The first kappa shape index (κ1) is 14.1. The lowest BCUT2D eigenvalue weighted by atomic mass is 10.1. The highest BCUT2D eigenvalue weighted by atomic mass is 16.5. The van der Waals surface area contributed by atoms with E-state index in [2.05, 4.69) is 36.3 Å². The number of nitrogens with zero attached hydrogens (tertiary/aromatic N) is 1. The Balaban J connectivity index is 1.88. The second kappa shape index (κ2) is 9.14. The van der Waals surface area contributed by atoms with Crippen molar-refractivity contribution in [3.8, 4) is 0 Å². The number of hydrogen-bond acceptors (Lipinski definition) is 3. The minimum atomic E-state index is 0.571. The minimum Gasteiger partial charge on any atom is -0.381 e. The molecule has 0 fully saturated rings. The van der Waals surface area contributed by atoms with Crippen molar-refractivity contribution in [2.75, 3.05) is 19.8 Å². The molecule has 3 nitrogen and oxygen atoms in total. The molecule has 0 aliphatic heterocycles. The van der Waals surface area contributed by atoms with Gasteiger partial charge in [0.25, 0.3) is 0 Å². The highest BCUT2D eigenvalue weighted by Crippen LogP contribution is 2.00. The largest absolute Gasteiger partial charge is 0.381 e. The van der Waals surface area contributed by atoms with Crippen molar-refractivity contribution in [1.82, 2.24) is 10.3 Å². The van der Waals surface area contributed by atoms with Gasteiger partial charge in [-0.15, -0.1) is 0 Å². The summed E-state index contributed by atoms with van der Waals surface area (Å²) in [5, 5.41) is 3.38. The Morgan fingerprint density at radius 3 is 2.59 bits per heavy atom. The number of hydrogen-bond donors (Lipinski definition) is 1. The Labute approximate surface area is 105 Å². The van der Waals surface area contributed by atoms with Gasteiger partial charge in [0.05, 0.1) is 0 Å². The molecule has 1 rings (SSSR count). The van der Waals surface area contributed by atoms with Crippen molar-refractivity contribution in [3.63, 3.8) is 0 Å². The number of rotatable bonds is 9. The van der Waals surface area contributed by atoms with Crippen LogP contribution in [0.5, 0.6) is 0 Å². The molecule has 17 heavy (non-hydrogen) atoms. The predicted molar refractivity (Wildman–Crippen MR) is 71.1 cm³/mol. The second-order valence-corrected chi connectivity index (χ2v) is 4.53. The summed E-state index contributed by atoms with van der Waals surface area (Å²) in [6.45, 7) is 7.08. The number of pyridine rings is 1. The molecule has 0 atom stereocenters. The molecule has 1 N–H and O–H groups in total. The Morgan fingerprint density at radius 1 is 1.18 bits per heavy atom. The highest BCUT2D eigenvalue weighted by Gasteiger charge is 1.94. The SMILES string of the molecule is CC(C)NCCCOCCCc1ccncc1. The lowest BCUT2D eigenvalue weighted by Gasteiger charge is -2.08. The van der Waals surface area contributed by atoms with E-state index >= 15 is 0 Å². The molecule has 0 amide bonds. The van der Waals surface area contributed by atoms with E-state index in [4.69, 9.17) is 4.74 Å². The molecule has 0 saturated carbocycles. The molecular weight excluding hydrogens is 212 g/mol. The summed E-state index contributed by atoms with van der Waals surface area (Å²) in [4.78, 5) is 4.00. The maximum absolute atomic E-state index is 5.58. The fraction of sp³-hybridized carbons (Fsp3) is 0.643. The van der Waals surface area contributed by atoms with Gasteiger partial charge in [0.15, 0.2) is 0 Å². The molecule has 1 aromatic rings. The summed E-state index contributed by atoms with van der Waals surface area (Å²) in [7, 11) is 0. The molecular formula is C14H24N2O. The van der Waals surface area contributed by atoms with E-state index in [0.29, 0.717) is 6.04 Å². The number of nitrogens with one attached hydrogen (secondary N) is 1. The maximum Gasteiger partial charge on any atom is 0.0478 e. The quantitative estimate of drug-likeness (QED) is 0.669. The van der Waals surface area contributed by atoms with Crippen LogP contribution in [0.25, 0.3) is 0 Å². The summed E-state index contributed by atoms with van der Waals surface area (Å²) >= 11 is 0. The molecule has 0 unspecified atom stereocenters. The van der Waals surface area contributed by atoms with Crippen LogP contribution in [0.3, 0.4) is 0 Å². The van der Waals surface area contributed by atoms with Gasteiger partial charge in [-0.05, 0) is 43.5 Å². The molecule has 0 bridgehead atoms. The van der Waals surface area contributed by atoms with Gasteiger partial charge in [0.1, 0.15) is 0 Å². The van der Waals surface area contributed by atoms with Crippen molar-refractivity contribution < 1.29 is 4.74 Å². The predicted octanol–water partition coefficient (Wildman–Crippen LogP) is 2.42. The van der Waals surface area contributed by atoms with E-state index in [1.54, 1.807) is 0 Å². The summed E-state index contributed by atoms with van der Waals surface area (Å²) < 4.78 is 5.58. The van der Waals surface area contributed by atoms with Crippen molar-refractivity contribution in [1.29, 1.82) is 0 Å². The molecule has 96 valence electrons. The van der Waals surface area contributed by atoms with Crippen LogP contribution >= 0.6 is 0 Å². The summed E-state index contributed by atoms with van der Waals surface area (Å²) in [6, 6.07) is 4.70. The first-order chi connectivity index (χ1) is 8.29. The first-order valence-corrected chi connectivity index (χ1v) is 6.49.